The Morgan fingerprint density at radius 2 is 1.58 bits per heavy atom. The highest BCUT2D eigenvalue weighted by atomic mass is 16.2. The van der Waals surface area contributed by atoms with Gasteiger partial charge in [-0.3, -0.25) is 14.5 Å². The van der Waals surface area contributed by atoms with E-state index in [9.17, 15) is 9.59 Å². The molecule has 3 rings (SSSR count). The molecule has 0 unspecified atom stereocenters. The molecule has 0 spiro atoms. The average Bonchev–Trinajstić information content (AvgIpc) is 2.70. The number of rotatable bonds is 6. The van der Waals surface area contributed by atoms with Crippen LogP contribution in [0.5, 0.6) is 0 Å². The zero-order valence-electron chi connectivity index (χ0n) is 15.6. The van der Waals surface area contributed by atoms with Crippen molar-refractivity contribution in [2.75, 3.05) is 25.0 Å². The first-order valence-electron chi connectivity index (χ1n) is 10.1. The number of piperidine rings is 1. The van der Waals surface area contributed by atoms with Crippen LogP contribution in [0.15, 0.2) is 30.3 Å². The van der Waals surface area contributed by atoms with Gasteiger partial charge in [0.15, 0.2) is 0 Å². The average molecular weight is 357 g/mol. The minimum Gasteiger partial charge on any atom is -0.354 e. The van der Waals surface area contributed by atoms with Crippen LogP contribution in [-0.4, -0.2) is 41.9 Å². The molecule has 1 aromatic carbocycles. The Kier molecular flexibility index (Phi) is 6.67. The lowest BCUT2D eigenvalue weighted by Gasteiger charge is -2.46. The third kappa shape index (κ3) is 4.64. The summed E-state index contributed by atoms with van der Waals surface area (Å²) >= 11 is 0. The van der Waals surface area contributed by atoms with Gasteiger partial charge in [0.05, 0.1) is 0 Å². The number of para-hydroxylation sites is 1. The van der Waals surface area contributed by atoms with Gasteiger partial charge in [-0.15, -0.1) is 0 Å². The van der Waals surface area contributed by atoms with Crippen LogP contribution in [0.1, 0.15) is 57.8 Å². The van der Waals surface area contributed by atoms with Crippen molar-refractivity contribution in [1.82, 2.24) is 10.2 Å². The van der Waals surface area contributed by atoms with Crippen LogP contribution in [-0.2, 0) is 9.59 Å². The van der Waals surface area contributed by atoms with E-state index in [-0.39, 0.29) is 17.4 Å². The number of carbonyl (C=O) groups excluding carboxylic acids is 2. The van der Waals surface area contributed by atoms with Gasteiger partial charge in [-0.1, -0.05) is 43.9 Å². The Hall–Kier alpha value is -1.88. The molecule has 0 aromatic heterocycles. The Morgan fingerprint density at radius 3 is 2.27 bits per heavy atom. The quantitative estimate of drug-likeness (QED) is 0.821. The van der Waals surface area contributed by atoms with Crippen LogP contribution >= 0.6 is 0 Å². The number of hydrogen-bond donors (Lipinski definition) is 2. The van der Waals surface area contributed by atoms with Gasteiger partial charge in [0.1, 0.15) is 5.54 Å². The SMILES string of the molecule is O=C(CCNC(=O)C1(N2CCCCC2)CCCCC1)Nc1ccccc1. The van der Waals surface area contributed by atoms with Gasteiger partial charge in [-0.25, -0.2) is 0 Å². The molecule has 1 aromatic rings. The van der Waals surface area contributed by atoms with Crippen LogP contribution in [0.2, 0.25) is 0 Å². The Morgan fingerprint density at radius 1 is 0.923 bits per heavy atom. The van der Waals surface area contributed by atoms with Crippen molar-refractivity contribution in [1.29, 1.82) is 0 Å². The molecule has 2 N–H and O–H groups in total. The van der Waals surface area contributed by atoms with Gasteiger partial charge in [-0.05, 0) is 50.9 Å². The first-order valence-corrected chi connectivity index (χ1v) is 10.1. The van der Waals surface area contributed by atoms with Gasteiger partial charge < -0.3 is 10.6 Å². The smallest absolute Gasteiger partial charge is 0.240 e. The van der Waals surface area contributed by atoms with Crippen LogP contribution in [0.3, 0.4) is 0 Å². The van der Waals surface area contributed by atoms with Crippen LogP contribution < -0.4 is 10.6 Å². The van der Waals surface area contributed by atoms with Crippen LogP contribution in [0.4, 0.5) is 5.69 Å². The summed E-state index contributed by atoms with van der Waals surface area (Å²) in [5.74, 6) is 0.0683. The largest absolute Gasteiger partial charge is 0.354 e. The fourth-order valence-corrected chi connectivity index (χ4v) is 4.34. The number of benzene rings is 1. The fraction of sp³-hybridized carbons (Fsp3) is 0.619. The Bertz CT molecular complexity index is 591. The molecule has 2 amide bonds. The highest BCUT2D eigenvalue weighted by Crippen LogP contribution is 2.35. The summed E-state index contributed by atoms with van der Waals surface area (Å²) < 4.78 is 0. The normalized spacial score (nSPS) is 20.3. The second-order valence-corrected chi connectivity index (χ2v) is 7.56. The summed E-state index contributed by atoms with van der Waals surface area (Å²) in [6.45, 7) is 2.46. The molecule has 5 heteroatoms. The van der Waals surface area contributed by atoms with Crippen LogP contribution in [0.25, 0.3) is 0 Å². The zero-order valence-corrected chi connectivity index (χ0v) is 15.6. The molecule has 2 aliphatic rings. The maximum Gasteiger partial charge on any atom is 0.240 e. The monoisotopic (exact) mass is 357 g/mol. The van der Waals surface area contributed by atoms with Crippen molar-refractivity contribution in [3.8, 4) is 0 Å². The molecule has 0 radical (unpaired) electrons. The lowest BCUT2D eigenvalue weighted by Crippen LogP contribution is -2.61. The molecule has 1 aliphatic heterocycles. The molecule has 142 valence electrons. The number of amides is 2. The molecule has 26 heavy (non-hydrogen) atoms. The molecule has 1 saturated carbocycles. The van der Waals surface area contributed by atoms with E-state index in [1.54, 1.807) is 0 Å². The summed E-state index contributed by atoms with van der Waals surface area (Å²) in [5, 5.41) is 5.93. The molecule has 2 fully saturated rings. The Labute approximate surface area is 156 Å². The molecule has 1 aliphatic carbocycles. The molecule has 5 nitrogen and oxygen atoms in total. The van der Waals surface area contributed by atoms with Gasteiger partial charge in [-0.2, -0.15) is 0 Å². The predicted octanol–water partition coefficient (Wildman–Crippen LogP) is 3.32. The van der Waals surface area contributed by atoms with E-state index in [0.29, 0.717) is 13.0 Å². The third-order valence-electron chi connectivity index (χ3n) is 5.76. The van der Waals surface area contributed by atoms with Gasteiger partial charge >= 0.3 is 0 Å². The number of carbonyl (C=O) groups is 2. The van der Waals surface area contributed by atoms with Crippen molar-refractivity contribution >= 4 is 17.5 Å². The number of nitrogens with zero attached hydrogens (tertiary/aromatic N) is 1. The lowest BCUT2D eigenvalue weighted by molar-refractivity contribution is -0.137. The molecule has 0 atom stereocenters. The van der Waals surface area contributed by atoms with Crippen molar-refractivity contribution < 1.29 is 9.59 Å². The summed E-state index contributed by atoms with van der Waals surface area (Å²) in [5.41, 5.74) is 0.454. The number of hydrogen-bond acceptors (Lipinski definition) is 3. The van der Waals surface area contributed by atoms with Crippen molar-refractivity contribution in [2.45, 2.75) is 63.3 Å². The highest BCUT2D eigenvalue weighted by molar-refractivity contribution is 5.91. The van der Waals surface area contributed by atoms with E-state index >= 15 is 0 Å². The van der Waals surface area contributed by atoms with E-state index < -0.39 is 0 Å². The van der Waals surface area contributed by atoms with E-state index in [0.717, 1.165) is 44.5 Å². The Balaban J connectivity index is 1.52. The molecular weight excluding hydrogens is 326 g/mol. The topological polar surface area (TPSA) is 61.4 Å². The number of likely N-dealkylation sites (tertiary alicyclic amines) is 1. The van der Waals surface area contributed by atoms with E-state index in [1.807, 2.05) is 30.3 Å². The van der Waals surface area contributed by atoms with E-state index in [2.05, 4.69) is 15.5 Å². The predicted molar refractivity (Wildman–Crippen MR) is 104 cm³/mol. The summed E-state index contributed by atoms with van der Waals surface area (Å²) in [6.07, 6.45) is 9.33. The summed E-state index contributed by atoms with van der Waals surface area (Å²) in [4.78, 5) is 27.6. The molecule has 1 heterocycles. The van der Waals surface area contributed by atoms with Gasteiger partial charge in [0, 0.05) is 18.7 Å². The third-order valence-corrected chi connectivity index (χ3v) is 5.76. The summed E-state index contributed by atoms with van der Waals surface area (Å²) in [6, 6.07) is 9.43. The first kappa shape index (κ1) is 18.9. The van der Waals surface area contributed by atoms with E-state index in [4.69, 9.17) is 0 Å². The lowest BCUT2D eigenvalue weighted by atomic mass is 9.78. The van der Waals surface area contributed by atoms with E-state index in [1.165, 1.54) is 25.7 Å². The second kappa shape index (κ2) is 9.17. The zero-order chi connectivity index (χ0) is 18.2. The number of anilines is 1. The minimum atomic E-state index is -0.339. The second-order valence-electron chi connectivity index (χ2n) is 7.56. The van der Waals surface area contributed by atoms with Crippen LogP contribution in [0, 0.1) is 0 Å². The minimum absolute atomic E-state index is 0.0628. The maximum atomic E-state index is 13.1. The van der Waals surface area contributed by atoms with Crippen molar-refractivity contribution in [3.05, 3.63) is 30.3 Å². The molecular formula is C21H31N3O2. The molecule has 1 saturated heterocycles. The fourth-order valence-electron chi connectivity index (χ4n) is 4.34. The first-order chi connectivity index (χ1) is 12.7. The number of nitrogens with one attached hydrogen (secondary N) is 2. The van der Waals surface area contributed by atoms with Crippen molar-refractivity contribution in [3.63, 3.8) is 0 Å². The standard InChI is InChI=1S/C21H31N3O2/c25-19(23-18-10-4-1-5-11-18)12-15-22-20(26)21(13-6-2-7-14-21)24-16-8-3-9-17-24/h1,4-5,10-11H,2-3,6-9,12-17H2,(H,22,26)(H,23,25). The maximum absolute atomic E-state index is 13.1. The van der Waals surface area contributed by atoms with Crippen molar-refractivity contribution in [2.24, 2.45) is 0 Å². The summed E-state index contributed by atoms with van der Waals surface area (Å²) in [7, 11) is 0. The van der Waals surface area contributed by atoms with Gasteiger partial charge in [0.25, 0.3) is 0 Å². The molecule has 0 bridgehead atoms. The van der Waals surface area contributed by atoms with Gasteiger partial charge in [0.2, 0.25) is 11.8 Å². The highest BCUT2D eigenvalue weighted by Gasteiger charge is 2.44.